The normalized spacial score (nSPS) is 15.7. The van der Waals surface area contributed by atoms with Crippen molar-refractivity contribution in [2.75, 3.05) is 28.6 Å². The van der Waals surface area contributed by atoms with Gasteiger partial charge in [-0.2, -0.15) is 0 Å². The van der Waals surface area contributed by atoms with E-state index in [2.05, 4.69) is 25.6 Å². The molecule has 4 rings (SSSR count). The maximum Gasteiger partial charge on any atom is 0.324 e. The molecule has 2 amide bonds. The number of pyridine rings is 1. The molecule has 0 radical (unpaired) electrons. The van der Waals surface area contributed by atoms with Crippen LogP contribution in [-0.4, -0.2) is 40.2 Å². The molecule has 1 aromatic carbocycles. The highest BCUT2D eigenvalue weighted by molar-refractivity contribution is 6.28. The quantitative estimate of drug-likeness (QED) is 0.567. The van der Waals surface area contributed by atoms with E-state index in [1.165, 1.54) is 24.5 Å². The van der Waals surface area contributed by atoms with Crippen molar-refractivity contribution in [2.24, 2.45) is 0 Å². The molecule has 2 aromatic heterocycles. The van der Waals surface area contributed by atoms with Crippen LogP contribution in [-0.2, 0) is 0 Å². The first-order valence-corrected chi connectivity index (χ1v) is 9.68. The highest BCUT2D eigenvalue weighted by Gasteiger charge is 2.27. The second-order valence-corrected chi connectivity index (χ2v) is 7.14. The van der Waals surface area contributed by atoms with E-state index in [1.807, 2.05) is 0 Å². The van der Waals surface area contributed by atoms with Gasteiger partial charge in [-0.3, -0.25) is 5.32 Å². The fraction of sp³-hybridized carbons (Fsp3) is 0.200. The molecule has 31 heavy (non-hydrogen) atoms. The number of hydrogen-bond donors (Lipinski definition) is 2. The number of aromatic nitrogens is 3. The number of amides is 2. The first kappa shape index (κ1) is 20.9. The second kappa shape index (κ2) is 8.76. The first-order chi connectivity index (χ1) is 14.9. The van der Waals surface area contributed by atoms with Crippen LogP contribution in [0.2, 0.25) is 5.28 Å². The molecule has 1 saturated heterocycles. The molecule has 11 heteroatoms. The molecule has 1 aliphatic heterocycles. The summed E-state index contributed by atoms with van der Waals surface area (Å²) in [7, 11) is 0. The third-order valence-corrected chi connectivity index (χ3v) is 4.87. The van der Waals surface area contributed by atoms with Crippen molar-refractivity contribution in [1.29, 1.82) is 0 Å². The minimum absolute atomic E-state index is 0.0616. The Labute approximate surface area is 180 Å². The Kier molecular flexibility index (Phi) is 5.90. The lowest BCUT2D eigenvalue weighted by Gasteiger charge is -2.22. The topological polar surface area (TPSA) is 83.0 Å². The molecule has 0 saturated carbocycles. The molecular formula is C20H16ClF3N6O. The molecule has 160 valence electrons. The Bertz CT molecular complexity index is 1130. The number of hydrogen-bond acceptors (Lipinski definition) is 5. The summed E-state index contributed by atoms with van der Waals surface area (Å²) >= 11 is 5.73. The van der Waals surface area contributed by atoms with E-state index in [9.17, 15) is 18.0 Å². The van der Waals surface area contributed by atoms with Crippen molar-refractivity contribution in [3.05, 3.63) is 59.6 Å². The summed E-state index contributed by atoms with van der Waals surface area (Å²) < 4.78 is 42.2. The van der Waals surface area contributed by atoms with Crippen LogP contribution in [0.1, 0.15) is 6.42 Å². The number of halogens is 4. The maximum atomic E-state index is 14.5. The zero-order valence-corrected chi connectivity index (χ0v) is 16.7. The second-order valence-electron chi connectivity index (χ2n) is 6.80. The SMILES string of the molecule is O=C(Nc1ccnc(Cl)n1)Nc1c(-c2cc(F)ccc2F)ccnc1N1CC[C@H](F)C1. The van der Waals surface area contributed by atoms with E-state index in [4.69, 9.17) is 11.6 Å². The van der Waals surface area contributed by atoms with E-state index < -0.39 is 23.8 Å². The Morgan fingerprint density at radius 3 is 2.65 bits per heavy atom. The monoisotopic (exact) mass is 448 g/mol. The molecule has 7 nitrogen and oxygen atoms in total. The molecule has 0 unspecified atom stereocenters. The lowest BCUT2D eigenvalue weighted by Crippen LogP contribution is -2.26. The fourth-order valence-electron chi connectivity index (χ4n) is 3.32. The van der Waals surface area contributed by atoms with Gasteiger partial charge in [0.05, 0.1) is 12.2 Å². The predicted molar refractivity (Wildman–Crippen MR) is 111 cm³/mol. The maximum absolute atomic E-state index is 14.5. The molecule has 0 bridgehead atoms. The Balaban J connectivity index is 1.74. The van der Waals surface area contributed by atoms with Crippen LogP contribution in [0.3, 0.4) is 0 Å². The van der Waals surface area contributed by atoms with Crippen LogP contribution in [0.25, 0.3) is 11.1 Å². The van der Waals surface area contributed by atoms with Crippen molar-refractivity contribution >= 4 is 35.0 Å². The van der Waals surface area contributed by atoms with E-state index in [0.717, 1.165) is 18.2 Å². The highest BCUT2D eigenvalue weighted by Crippen LogP contribution is 2.37. The molecular weight excluding hydrogens is 433 g/mol. The van der Waals surface area contributed by atoms with Crippen LogP contribution in [0.15, 0.2) is 42.7 Å². The Morgan fingerprint density at radius 2 is 1.90 bits per heavy atom. The average molecular weight is 449 g/mol. The van der Waals surface area contributed by atoms with Crippen LogP contribution in [0.4, 0.5) is 35.3 Å². The number of urea groups is 1. The Morgan fingerprint density at radius 1 is 1.10 bits per heavy atom. The largest absolute Gasteiger partial charge is 0.352 e. The zero-order chi connectivity index (χ0) is 22.0. The molecule has 1 fully saturated rings. The number of rotatable bonds is 4. The minimum Gasteiger partial charge on any atom is -0.352 e. The van der Waals surface area contributed by atoms with Gasteiger partial charge in [-0.25, -0.2) is 32.9 Å². The number of benzene rings is 1. The zero-order valence-electron chi connectivity index (χ0n) is 15.9. The molecule has 0 spiro atoms. The van der Waals surface area contributed by atoms with Gasteiger partial charge in [0.25, 0.3) is 0 Å². The van der Waals surface area contributed by atoms with Gasteiger partial charge in [0.2, 0.25) is 5.28 Å². The molecule has 1 atom stereocenters. The summed E-state index contributed by atoms with van der Waals surface area (Å²) in [6.07, 6.45) is 2.00. The summed E-state index contributed by atoms with van der Waals surface area (Å²) in [5, 5.41) is 5.04. The van der Waals surface area contributed by atoms with Gasteiger partial charge < -0.3 is 10.2 Å². The number of nitrogens with zero attached hydrogens (tertiary/aromatic N) is 4. The third-order valence-electron chi connectivity index (χ3n) is 4.69. The summed E-state index contributed by atoms with van der Waals surface area (Å²) in [5.41, 5.74) is 0.235. The van der Waals surface area contributed by atoms with Gasteiger partial charge in [-0.05, 0) is 48.4 Å². The van der Waals surface area contributed by atoms with Crippen LogP contribution < -0.4 is 15.5 Å². The summed E-state index contributed by atoms with van der Waals surface area (Å²) in [4.78, 5) is 26.1. The van der Waals surface area contributed by atoms with Gasteiger partial charge in [0.15, 0.2) is 5.82 Å². The highest BCUT2D eigenvalue weighted by atomic mass is 35.5. The van der Waals surface area contributed by atoms with Crippen molar-refractivity contribution in [2.45, 2.75) is 12.6 Å². The number of alkyl halides is 1. The number of carbonyl (C=O) groups is 1. The van der Waals surface area contributed by atoms with E-state index >= 15 is 0 Å². The van der Waals surface area contributed by atoms with Crippen LogP contribution >= 0.6 is 11.6 Å². The molecule has 0 aliphatic carbocycles. The summed E-state index contributed by atoms with van der Waals surface area (Å²) in [6.45, 7) is 0.432. The molecule has 1 aliphatic rings. The smallest absolute Gasteiger partial charge is 0.324 e. The lowest BCUT2D eigenvalue weighted by molar-refractivity contribution is 0.262. The number of anilines is 3. The van der Waals surface area contributed by atoms with E-state index in [-0.39, 0.29) is 40.3 Å². The minimum atomic E-state index is -1.05. The van der Waals surface area contributed by atoms with Crippen LogP contribution in [0, 0.1) is 11.6 Å². The van der Waals surface area contributed by atoms with Gasteiger partial charge >= 0.3 is 6.03 Å². The van der Waals surface area contributed by atoms with Gasteiger partial charge in [-0.1, -0.05) is 0 Å². The summed E-state index contributed by atoms with van der Waals surface area (Å²) in [5.74, 6) is -0.955. The van der Waals surface area contributed by atoms with Gasteiger partial charge in [0, 0.05) is 30.1 Å². The molecule has 2 N–H and O–H groups in total. The lowest BCUT2D eigenvalue weighted by atomic mass is 10.0. The summed E-state index contributed by atoms with van der Waals surface area (Å²) in [6, 6.07) is 5.15. The fourth-order valence-corrected chi connectivity index (χ4v) is 3.47. The van der Waals surface area contributed by atoms with Gasteiger partial charge in [-0.15, -0.1) is 0 Å². The molecule has 3 heterocycles. The average Bonchev–Trinajstić information content (AvgIpc) is 3.16. The third kappa shape index (κ3) is 4.69. The van der Waals surface area contributed by atoms with Crippen molar-refractivity contribution < 1.29 is 18.0 Å². The predicted octanol–water partition coefficient (Wildman–Crippen LogP) is 4.66. The van der Waals surface area contributed by atoms with Crippen molar-refractivity contribution in [3.8, 4) is 11.1 Å². The van der Waals surface area contributed by atoms with Crippen molar-refractivity contribution in [3.63, 3.8) is 0 Å². The standard InChI is InChI=1S/C20H16ClF3N6O/c21-19-26-7-4-16(27-19)28-20(31)29-17-13(14-9-11(22)1-2-15(14)24)3-6-25-18(17)30-8-5-12(23)10-30/h1-4,6-7,9,12H,5,8,10H2,(H2,26,27,28,29,31)/t12-/m0/s1. The molecule has 3 aromatic rings. The van der Waals surface area contributed by atoms with Crippen molar-refractivity contribution in [1.82, 2.24) is 15.0 Å². The number of carbonyl (C=O) groups excluding carboxylic acids is 1. The Hall–Kier alpha value is -3.40. The van der Waals surface area contributed by atoms with E-state index in [0.29, 0.717) is 13.0 Å². The first-order valence-electron chi connectivity index (χ1n) is 9.30. The van der Waals surface area contributed by atoms with Crippen LogP contribution in [0.5, 0.6) is 0 Å². The number of nitrogens with one attached hydrogen (secondary N) is 2. The van der Waals surface area contributed by atoms with Gasteiger partial charge in [0.1, 0.15) is 23.6 Å². The van der Waals surface area contributed by atoms with E-state index in [1.54, 1.807) is 4.90 Å².